The molecule has 0 heterocycles. The van der Waals surface area contributed by atoms with Gasteiger partial charge < -0.3 is 10.2 Å². The van der Waals surface area contributed by atoms with Gasteiger partial charge in [-0.2, -0.15) is 0 Å². The largest absolute Gasteiger partial charge is 0.392 e. The summed E-state index contributed by atoms with van der Waals surface area (Å²) in [6.45, 7) is 11.4. The summed E-state index contributed by atoms with van der Waals surface area (Å²) >= 11 is 0. The van der Waals surface area contributed by atoms with Gasteiger partial charge in [-0.1, -0.05) is 32.4 Å². The number of allylic oxidation sites excluding steroid dienone is 2. The first kappa shape index (κ1) is 20.9. The summed E-state index contributed by atoms with van der Waals surface area (Å²) in [6.07, 6.45) is 2.02. The molecular weight excluding hydrogens is 368 g/mol. The van der Waals surface area contributed by atoms with Crippen LogP contribution in [0.1, 0.15) is 67.2 Å². The van der Waals surface area contributed by atoms with Crippen molar-refractivity contribution in [2.75, 3.05) is 0 Å². The minimum atomic E-state index is -1.06. The smallest absolute Gasteiger partial charge is 0.170 e. The summed E-state index contributed by atoms with van der Waals surface area (Å²) < 4.78 is 0. The molecule has 160 valence electrons. The molecule has 0 amide bonds. The van der Waals surface area contributed by atoms with Crippen LogP contribution < -0.4 is 0 Å². The van der Waals surface area contributed by atoms with Crippen LogP contribution in [0.3, 0.4) is 0 Å². The minimum Gasteiger partial charge on any atom is -0.392 e. The van der Waals surface area contributed by atoms with Gasteiger partial charge in [-0.3, -0.25) is 14.4 Å². The number of carbonyl (C=O) groups is 3. The molecule has 3 saturated carbocycles. The maximum atomic E-state index is 13.8. The van der Waals surface area contributed by atoms with Crippen molar-refractivity contribution < 1.29 is 24.6 Å². The Kier molecular flexibility index (Phi) is 4.24. The standard InChI is InChI=1S/C24H34O5/c1-12(25)19-16(27)10-22(4)17-8-7-13-14(9-15(26)20(29)21(13,2)3)24(17,6)18(28)11-23(19,22)5/h7,14-17,19,26-27H,8-11H2,1-6H3/t14-,15+,16-,17+,19+,22+,23-,24+/m1/s1. The number of aliphatic hydroxyl groups excluding tert-OH is 2. The molecule has 29 heavy (non-hydrogen) atoms. The van der Waals surface area contributed by atoms with Crippen molar-refractivity contribution in [3.05, 3.63) is 11.6 Å². The number of fused-ring (bicyclic) bond motifs is 5. The fourth-order valence-electron chi connectivity index (χ4n) is 8.12. The molecule has 4 aliphatic carbocycles. The van der Waals surface area contributed by atoms with E-state index in [9.17, 15) is 24.6 Å². The van der Waals surface area contributed by atoms with E-state index >= 15 is 0 Å². The average Bonchev–Trinajstić information content (AvgIpc) is 2.79. The Morgan fingerprint density at radius 1 is 1.07 bits per heavy atom. The van der Waals surface area contributed by atoms with E-state index in [1.807, 2.05) is 27.7 Å². The van der Waals surface area contributed by atoms with Crippen LogP contribution in [0, 0.1) is 39.4 Å². The van der Waals surface area contributed by atoms with E-state index in [0.29, 0.717) is 12.8 Å². The molecule has 0 aromatic heterocycles. The maximum absolute atomic E-state index is 13.8. The van der Waals surface area contributed by atoms with Gasteiger partial charge in [0.2, 0.25) is 0 Å². The molecule has 8 atom stereocenters. The average molecular weight is 403 g/mol. The summed E-state index contributed by atoms with van der Waals surface area (Å²) in [5.41, 5.74) is -1.46. The molecular formula is C24H34O5. The summed E-state index contributed by atoms with van der Waals surface area (Å²) in [5, 5.41) is 21.4. The zero-order valence-electron chi connectivity index (χ0n) is 18.4. The Hall–Kier alpha value is -1.33. The van der Waals surface area contributed by atoms with Crippen molar-refractivity contribution in [2.45, 2.75) is 79.4 Å². The highest BCUT2D eigenvalue weighted by Gasteiger charge is 2.72. The van der Waals surface area contributed by atoms with E-state index < -0.39 is 34.4 Å². The Morgan fingerprint density at radius 2 is 1.69 bits per heavy atom. The SMILES string of the molecule is CC(=O)[C@H]1[C@H](O)C[C@@]2(C)[C@@H]3CC=C4[C@@H](C[C@H](O)C(=O)C4(C)C)[C@]3(C)C(=O)C[C@]12C. The number of carbonyl (C=O) groups excluding carboxylic acids is 3. The van der Waals surface area contributed by atoms with Crippen LogP contribution in [-0.4, -0.2) is 39.8 Å². The third-order valence-electron chi connectivity index (χ3n) is 9.84. The Labute approximate surface area is 172 Å². The molecule has 3 fully saturated rings. The van der Waals surface area contributed by atoms with Crippen molar-refractivity contribution in [1.82, 2.24) is 0 Å². The van der Waals surface area contributed by atoms with Crippen LogP contribution in [-0.2, 0) is 14.4 Å². The van der Waals surface area contributed by atoms with Gasteiger partial charge >= 0.3 is 0 Å². The van der Waals surface area contributed by atoms with Crippen LogP contribution in [0.5, 0.6) is 0 Å². The second-order valence-electron chi connectivity index (χ2n) is 11.3. The number of Topliss-reactive ketones (excluding diaryl/α,β-unsaturated/α-hetero) is 3. The number of rotatable bonds is 1. The summed E-state index contributed by atoms with van der Waals surface area (Å²) in [6, 6.07) is 0. The van der Waals surface area contributed by atoms with Gasteiger partial charge in [-0.25, -0.2) is 0 Å². The summed E-state index contributed by atoms with van der Waals surface area (Å²) in [4.78, 5) is 38.9. The number of hydrogen-bond acceptors (Lipinski definition) is 5. The molecule has 0 radical (unpaired) electrons. The van der Waals surface area contributed by atoms with E-state index in [2.05, 4.69) is 13.0 Å². The second kappa shape index (κ2) is 5.88. The van der Waals surface area contributed by atoms with Crippen molar-refractivity contribution in [3.63, 3.8) is 0 Å². The predicted molar refractivity (Wildman–Crippen MR) is 108 cm³/mol. The number of ketones is 3. The van der Waals surface area contributed by atoms with Gasteiger partial charge in [0.15, 0.2) is 5.78 Å². The molecule has 0 bridgehead atoms. The van der Waals surface area contributed by atoms with Crippen LogP contribution in [0.25, 0.3) is 0 Å². The molecule has 0 saturated heterocycles. The molecule has 0 aliphatic heterocycles. The van der Waals surface area contributed by atoms with E-state index in [1.165, 1.54) is 6.92 Å². The van der Waals surface area contributed by atoms with Gasteiger partial charge in [0.25, 0.3) is 0 Å². The van der Waals surface area contributed by atoms with Gasteiger partial charge in [-0.15, -0.1) is 0 Å². The van der Waals surface area contributed by atoms with E-state index in [4.69, 9.17) is 0 Å². The van der Waals surface area contributed by atoms with E-state index in [0.717, 1.165) is 5.57 Å². The van der Waals surface area contributed by atoms with Gasteiger partial charge in [0.05, 0.1) is 6.10 Å². The molecule has 0 unspecified atom stereocenters. The fourth-order valence-corrected chi connectivity index (χ4v) is 8.12. The van der Waals surface area contributed by atoms with Crippen molar-refractivity contribution >= 4 is 17.3 Å². The molecule has 0 spiro atoms. The number of aliphatic hydroxyl groups is 2. The van der Waals surface area contributed by atoms with Crippen molar-refractivity contribution in [2.24, 2.45) is 39.4 Å². The highest BCUT2D eigenvalue weighted by atomic mass is 16.3. The lowest BCUT2D eigenvalue weighted by atomic mass is 9.39. The van der Waals surface area contributed by atoms with Crippen LogP contribution in [0.4, 0.5) is 0 Å². The fraction of sp³-hybridized carbons (Fsp3) is 0.792. The van der Waals surface area contributed by atoms with E-state index in [1.54, 1.807) is 0 Å². The maximum Gasteiger partial charge on any atom is 0.170 e. The zero-order valence-corrected chi connectivity index (χ0v) is 18.4. The first-order chi connectivity index (χ1) is 13.2. The van der Waals surface area contributed by atoms with Crippen LogP contribution >= 0.6 is 0 Å². The molecule has 5 nitrogen and oxygen atoms in total. The second-order valence-corrected chi connectivity index (χ2v) is 11.3. The third kappa shape index (κ3) is 2.26. The van der Waals surface area contributed by atoms with Gasteiger partial charge in [0, 0.05) is 23.2 Å². The monoisotopic (exact) mass is 402 g/mol. The Balaban J connectivity index is 1.88. The highest BCUT2D eigenvalue weighted by Crippen LogP contribution is 2.72. The van der Waals surface area contributed by atoms with E-state index in [-0.39, 0.29) is 47.4 Å². The highest BCUT2D eigenvalue weighted by molar-refractivity contribution is 5.95. The summed E-state index contributed by atoms with van der Waals surface area (Å²) in [7, 11) is 0. The third-order valence-corrected chi connectivity index (χ3v) is 9.84. The Bertz CT molecular complexity index is 840. The van der Waals surface area contributed by atoms with Crippen molar-refractivity contribution in [1.29, 1.82) is 0 Å². The zero-order chi connectivity index (χ0) is 21.7. The van der Waals surface area contributed by atoms with Gasteiger partial charge in [-0.05, 0) is 62.7 Å². The first-order valence-electron chi connectivity index (χ1n) is 10.9. The molecule has 4 rings (SSSR count). The quantitative estimate of drug-likeness (QED) is 0.658. The molecule has 2 N–H and O–H groups in total. The van der Waals surface area contributed by atoms with Crippen molar-refractivity contribution in [3.8, 4) is 0 Å². The first-order valence-corrected chi connectivity index (χ1v) is 10.9. The minimum absolute atomic E-state index is 0.0368. The van der Waals surface area contributed by atoms with Crippen LogP contribution in [0.15, 0.2) is 11.6 Å². The topological polar surface area (TPSA) is 91.7 Å². The Morgan fingerprint density at radius 3 is 2.28 bits per heavy atom. The summed E-state index contributed by atoms with van der Waals surface area (Å²) in [5.74, 6) is -0.866. The normalized spacial score (nSPS) is 51.0. The number of hydrogen-bond donors (Lipinski definition) is 2. The van der Waals surface area contributed by atoms with Crippen LogP contribution in [0.2, 0.25) is 0 Å². The molecule has 0 aromatic carbocycles. The van der Waals surface area contributed by atoms with Gasteiger partial charge in [0.1, 0.15) is 17.7 Å². The lowest BCUT2D eigenvalue weighted by Gasteiger charge is -2.63. The lowest BCUT2D eigenvalue weighted by Crippen LogP contribution is -2.64. The lowest BCUT2D eigenvalue weighted by molar-refractivity contribution is -0.173. The molecule has 0 aromatic rings. The predicted octanol–water partition coefficient (Wildman–Crippen LogP) is 2.87. The molecule has 4 aliphatic rings. The molecule has 5 heteroatoms.